The average molecular weight is 476 g/mol. The number of carboxylic acids is 1. The van der Waals surface area contributed by atoms with Crippen LogP contribution in [-0.2, 0) is 24.0 Å². The molecule has 5 atom stereocenters. The molecule has 5 unspecified atom stereocenters. The molecule has 0 aliphatic rings. The molecule has 0 fully saturated rings. The lowest BCUT2D eigenvalue weighted by molar-refractivity contribution is -0.142. The number of primary amides is 1. The molecule has 0 aliphatic carbocycles. The van der Waals surface area contributed by atoms with Gasteiger partial charge in [0.2, 0.25) is 23.6 Å². The van der Waals surface area contributed by atoms with E-state index in [4.69, 9.17) is 11.5 Å². The maximum atomic E-state index is 12.9. The smallest absolute Gasteiger partial charge is 0.326 e. The SMILES string of the molecule is CCC(C)C(N)C(=O)NC(C(=O)NC(CC(N)=O)C(=O)NC(CCSC)C(=O)O)C(C)C. The summed E-state index contributed by atoms with van der Waals surface area (Å²) in [7, 11) is 0. The number of amides is 4. The van der Waals surface area contributed by atoms with Gasteiger partial charge in [0.25, 0.3) is 0 Å². The van der Waals surface area contributed by atoms with Gasteiger partial charge in [-0.25, -0.2) is 4.79 Å². The van der Waals surface area contributed by atoms with Gasteiger partial charge in [-0.2, -0.15) is 11.8 Å². The van der Waals surface area contributed by atoms with Crippen molar-refractivity contribution in [3.63, 3.8) is 0 Å². The zero-order valence-corrected chi connectivity index (χ0v) is 20.2. The first kappa shape index (κ1) is 29.7. The Hall–Kier alpha value is -2.34. The number of rotatable bonds is 15. The molecular formula is C20H37N5O6S. The van der Waals surface area contributed by atoms with Crippen molar-refractivity contribution in [1.29, 1.82) is 0 Å². The van der Waals surface area contributed by atoms with E-state index >= 15 is 0 Å². The predicted octanol–water partition coefficient (Wildman–Crippen LogP) is -0.817. The van der Waals surface area contributed by atoms with Gasteiger partial charge >= 0.3 is 5.97 Å². The monoisotopic (exact) mass is 475 g/mol. The van der Waals surface area contributed by atoms with Crippen molar-refractivity contribution in [2.24, 2.45) is 23.3 Å². The summed E-state index contributed by atoms with van der Waals surface area (Å²) >= 11 is 1.41. The van der Waals surface area contributed by atoms with Crippen LogP contribution in [0, 0.1) is 11.8 Å². The highest BCUT2D eigenvalue weighted by Gasteiger charge is 2.32. The average Bonchev–Trinajstić information content (AvgIpc) is 2.71. The van der Waals surface area contributed by atoms with Gasteiger partial charge in [0, 0.05) is 0 Å². The second-order valence-corrected chi connectivity index (χ2v) is 9.04. The Morgan fingerprint density at radius 2 is 1.50 bits per heavy atom. The highest BCUT2D eigenvalue weighted by Crippen LogP contribution is 2.09. The van der Waals surface area contributed by atoms with Crippen molar-refractivity contribution in [3.8, 4) is 0 Å². The fourth-order valence-corrected chi connectivity index (χ4v) is 3.21. The maximum Gasteiger partial charge on any atom is 0.326 e. The number of hydrogen-bond acceptors (Lipinski definition) is 7. The zero-order valence-electron chi connectivity index (χ0n) is 19.3. The lowest BCUT2D eigenvalue weighted by Gasteiger charge is -2.27. The second kappa shape index (κ2) is 14.7. The lowest BCUT2D eigenvalue weighted by atomic mass is 9.97. The minimum Gasteiger partial charge on any atom is -0.480 e. The van der Waals surface area contributed by atoms with E-state index < -0.39 is 60.2 Å². The Bertz CT molecular complexity index is 675. The number of nitrogens with one attached hydrogen (secondary N) is 3. The number of nitrogens with two attached hydrogens (primary N) is 2. The van der Waals surface area contributed by atoms with Gasteiger partial charge in [-0.15, -0.1) is 0 Å². The van der Waals surface area contributed by atoms with E-state index in [1.54, 1.807) is 20.1 Å². The van der Waals surface area contributed by atoms with Crippen LogP contribution in [0.3, 0.4) is 0 Å². The van der Waals surface area contributed by atoms with Gasteiger partial charge in [0.05, 0.1) is 12.5 Å². The molecule has 12 heteroatoms. The van der Waals surface area contributed by atoms with E-state index in [0.29, 0.717) is 12.2 Å². The molecule has 11 nitrogen and oxygen atoms in total. The van der Waals surface area contributed by atoms with E-state index in [1.165, 1.54) is 11.8 Å². The number of carboxylic acid groups (broad SMARTS) is 1. The van der Waals surface area contributed by atoms with Crippen LogP contribution in [0.2, 0.25) is 0 Å². The van der Waals surface area contributed by atoms with Crippen LogP contribution in [0.1, 0.15) is 47.0 Å². The van der Waals surface area contributed by atoms with E-state index in [9.17, 15) is 29.1 Å². The summed E-state index contributed by atoms with van der Waals surface area (Å²) < 4.78 is 0. The molecule has 4 amide bonds. The van der Waals surface area contributed by atoms with Crippen LogP contribution >= 0.6 is 11.8 Å². The molecule has 0 aliphatic heterocycles. The number of carbonyl (C=O) groups excluding carboxylic acids is 4. The molecule has 32 heavy (non-hydrogen) atoms. The molecule has 0 aromatic heterocycles. The summed E-state index contributed by atoms with van der Waals surface area (Å²) in [6, 6.07) is -4.41. The Morgan fingerprint density at radius 3 is 1.94 bits per heavy atom. The first-order valence-electron chi connectivity index (χ1n) is 10.5. The van der Waals surface area contributed by atoms with Crippen LogP contribution < -0.4 is 27.4 Å². The lowest BCUT2D eigenvalue weighted by Crippen LogP contribution is -2.59. The molecule has 0 bridgehead atoms. The fourth-order valence-electron chi connectivity index (χ4n) is 2.73. The molecule has 8 N–H and O–H groups in total. The van der Waals surface area contributed by atoms with Crippen molar-refractivity contribution in [2.75, 3.05) is 12.0 Å². The van der Waals surface area contributed by atoms with E-state index in [0.717, 1.165) is 0 Å². The number of aliphatic carboxylic acids is 1. The third-order valence-corrected chi connectivity index (χ3v) is 5.71. The van der Waals surface area contributed by atoms with Gasteiger partial charge in [-0.05, 0) is 30.3 Å². The summed E-state index contributed by atoms with van der Waals surface area (Å²) in [6.07, 6.45) is 2.11. The van der Waals surface area contributed by atoms with Gasteiger partial charge in [0.1, 0.15) is 18.1 Å². The quantitative estimate of drug-likeness (QED) is 0.177. The Labute approximate surface area is 193 Å². The molecule has 0 saturated heterocycles. The molecular weight excluding hydrogens is 438 g/mol. The molecule has 0 rings (SSSR count). The number of carbonyl (C=O) groups is 5. The van der Waals surface area contributed by atoms with Crippen molar-refractivity contribution >= 4 is 41.4 Å². The summed E-state index contributed by atoms with van der Waals surface area (Å²) in [4.78, 5) is 60.8. The zero-order chi connectivity index (χ0) is 25.0. The maximum absolute atomic E-state index is 12.9. The molecule has 0 spiro atoms. The first-order valence-corrected chi connectivity index (χ1v) is 11.9. The summed E-state index contributed by atoms with van der Waals surface area (Å²) in [5, 5.41) is 16.6. The highest BCUT2D eigenvalue weighted by atomic mass is 32.2. The van der Waals surface area contributed by atoms with Crippen molar-refractivity contribution in [3.05, 3.63) is 0 Å². The predicted molar refractivity (Wildman–Crippen MR) is 123 cm³/mol. The van der Waals surface area contributed by atoms with Gasteiger partial charge in [-0.3, -0.25) is 19.2 Å². The molecule has 0 saturated carbocycles. The summed E-state index contributed by atoms with van der Waals surface area (Å²) in [5.74, 6) is -4.12. The topological polar surface area (TPSA) is 194 Å². The standard InChI is InChI=1S/C20H37N5O6S/c1-6-11(4)15(22)18(28)25-16(10(2)3)19(29)24-13(9-14(21)26)17(27)23-12(20(30)31)7-8-32-5/h10-13,15-16H,6-9,22H2,1-5H3,(H2,21,26)(H,23,27)(H,24,29)(H,25,28)(H,30,31). The van der Waals surface area contributed by atoms with Crippen LogP contribution in [0.25, 0.3) is 0 Å². The van der Waals surface area contributed by atoms with E-state index in [1.807, 2.05) is 13.8 Å². The Kier molecular flexibility index (Phi) is 13.6. The van der Waals surface area contributed by atoms with Crippen molar-refractivity contribution in [1.82, 2.24) is 16.0 Å². The van der Waals surface area contributed by atoms with Gasteiger partial charge < -0.3 is 32.5 Å². The number of thioether (sulfide) groups is 1. The van der Waals surface area contributed by atoms with E-state index in [2.05, 4.69) is 16.0 Å². The molecule has 184 valence electrons. The molecule has 0 heterocycles. The van der Waals surface area contributed by atoms with Crippen LogP contribution in [0.4, 0.5) is 0 Å². The van der Waals surface area contributed by atoms with Crippen LogP contribution in [-0.4, -0.2) is 70.9 Å². The second-order valence-electron chi connectivity index (χ2n) is 8.05. The summed E-state index contributed by atoms with van der Waals surface area (Å²) in [5.41, 5.74) is 11.1. The summed E-state index contributed by atoms with van der Waals surface area (Å²) in [6.45, 7) is 7.11. The number of hydrogen-bond donors (Lipinski definition) is 6. The van der Waals surface area contributed by atoms with Crippen molar-refractivity contribution in [2.45, 2.75) is 71.1 Å². The molecule has 0 radical (unpaired) electrons. The Balaban J connectivity index is 5.44. The fraction of sp³-hybridized carbons (Fsp3) is 0.750. The largest absolute Gasteiger partial charge is 0.480 e. The highest BCUT2D eigenvalue weighted by molar-refractivity contribution is 7.98. The van der Waals surface area contributed by atoms with Crippen LogP contribution in [0.5, 0.6) is 0 Å². The van der Waals surface area contributed by atoms with Crippen molar-refractivity contribution < 1.29 is 29.1 Å². The molecule has 0 aromatic rings. The first-order chi connectivity index (χ1) is 14.8. The van der Waals surface area contributed by atoms with Crippen LogP contribution in [0.15, 0.2) is 0 Å². The Morgan fingerprint density at radius 1 is 0.938 bits per heavy atom. The third-order valence-electron chi connectivity index (χ3n) is 5.07. The van der Waals surface area contributed by atoms with E-state index in [-0.39, 0.29) is 18.3 Å². The minimum absolute atomic E-state index is 0.103. The minimum atomic E-state index is -1.39. The van der Waals surface area contributed by atoms with Gasteiger partial charge in [-0.1, -0.05) is 34.1 Å². The third kappa shape index (κ3) is 10.3. The normalized spacial score (nSPS) is 15.7. The van der Waals surface area contributed by atoms with Gasteiger partial charge in [0.15, 0.2) is 0 Å². The molecule has 0 aromatic carbocycles.